The van der Waals surface area contributed by atoms with Crippen molar-refractivity contribution in [1.82, 2.24) is 25.2 Å². The number of ether oxygens (including phenoxy) is 1. The van der Waals surface area contributed by atoms with Crippen molar-refractivity contribution in [1.29, 1.82) is 0 Å². The summed E-state index contributed by atoms with van der Waals surface area (Å²) in [6.45, 7) is 4.33. The molecule has 3 aromatic rings. The Morgan fingerprint density at radius 1 is 1.19 bits per heavy atom. The molecule has 4 saturated heterocycles. The lowest BCUT2D eigenvalue weighted by atomic mass is 9.82. The van der Waals surface area contributed by atoms with Crippen molar-refractivity contribution in [3.05, 3.63) is 76.3 Å². The van der Waals surface area contributed by atoms with Gasteiger partial charge in [-0.3, -0.25) is 9.88 Å². The predicted molar refractivity (Wildman–Crippen MR) is 172 cm³/mol. The number of nitrogens with zero attached hydrogens (tertiary/aromatic N) is 5. The number of benzene rings is 1. The first kappa shape index (κ1) is 31.4. The molecule has 2 aromatic heterocycles. The average molecular weight is 661 g/mol. The second-order valence-corrected chi connectivity index (χ2v) is 14.0. The van der Waals surface area contributed by atoms with Crippen LogP contribution in [0.5, 0.6) is 0 Å². The molecule has 0 amide bonds. The van der Waals surface area contributed by atoms with E-state index in [1.807, 2.05) is 4.90 Å². The SMILES string of the molecule is C#Cc1c(F)ccc2c1C(c1ncc3cnc(N4CC5CCC(CC)(C4)N5)nc3c1F)=CC(O)(OC[C@@]13CCCN1CC(=C(F)F)C3)C2. The van der Waals surface area contributed by atoms with Crippen LogP contribution in [0.25, 0.3) is 16.5 Å². The van der Waals surface area contributed by atoms with E-state index in [4.69, 9.17) is 11.2 Å². The highest BCUT2D eigenvalue weighted by Crippen LogP contribution is 2.45. The van der Waals surface area contributed by atoms with Gasteiger partial charge >= 0.3 is 0 Å². The highest BCUT2D eigenvalue weighted by atomic mass is 19.3. The molecule has 6 heterocycles. The molecule has 0 saturated carbocycles. The van der Waals surface area contributed by atoms with Gasteiger partial charge in [-0.2, -0.15) is 8.78 Å². The summed E-state index contributed by atoms with van der Waals surface area (Å²) in [5.74, 6) is -0.613. The number of aliphatic hydroxyl groups is 1. The number of hydrogen-bond donors (Lipinski definition) is 2. The van der Waals surface area contributed by atoms with Crippen LogP contribution in [0, 0.1) is 24.0 Å². The second-order valence-electron chi connectivity index (χ2n) is 14.0. The van der Waals surface area contributed by atoms with Crippen molar-refractivity contribution in [2.75, 3.05) is 37.7 Å². The Morgan fingerprint density at radius 2 is 2.02 bits per heavy atom. The number of nitrogens with one attached hydrogen (secondary N) is 1. The van der Waals surface area contributed by atoms with Gasteiger partial charge in [-0.05, 0) is 62.8 Å². The van der Waals surface area contributed by atoms with E-state index < -0.39 is 29.0 Å². The minimum atomic E-state index is -1.98. The zero-order valence-electron chi connectivity index (χ0n) is 26.6. The third-order valence-corrected chi connectivity index (χ3v) is 11.2. The summed E-state index contributed by atoms with van der Waals surface area (Å²) in [6, 6.07) is 3.00. The fraction of sp³-hybridized carbons (Fsp3) is 0.472. The number of halogens is 4. The van der Waals surface area contributed by atoms with Gasteiger partial charge in [0.05, 0.1) is 12.2 Å². The molecule has 48 heavy (non-hydrogen) atoms. The fourth-order valence-electron chi connectivity index (χ4n) is 8.67. The maximum Gasteiger partial charge on any atom is 0.270 e. The van der Waals surface area contributed by atoms with E-state index in [0.29, 0.717) is 49.0 Å². The Morgan fingerprint density at radius 3 is 2.81 bits per heavy atom. The molecular formula is C36H36F4N6O2. The highest BCUT2D eigenvalue weighted by Gasteiger charge is 2.50. The lowest BCUT2D eigenvalue weighted by Gasteiger charge is -2.41. The predicted octanol–water partition coefficient (Wildman–Crippen LogP) is 5.09. The summed E-state index contributed by atoms with van der Waals surface area (Å²) in [6.07, 6.45) is 13.0. The topological polar surface area (TPSA) is 86.6 Å². The van der Waals surface area contributed by atoms with Crippen molar-refractivity contribution in [2.45, 2.75) is 74.8 Å². The van der Waals surface area contributed by atoms with E-state index in [-0.39, 0.29) is 65.0 Å². The average Bonchev–Trinajstić information content (AvgIpc) is 3.74. The van der Waals surface area contributed by atoms with Gasteiger partial charge < -0.3 is 20.1 Å². The molecule has 4 atom stereocenters. The third-order valence-electron chi connectivity index (χ3n) is 11.2. The van der Waals surface area contributed by atoms with E-state index in [1.54, 1.807) is 6.20 Å². The molecule has 4 aliphatic heterocycles. The van der Waals surface area contributed by atoms with E-state index in [1.165, 1.54) is 24.4 Å². The van der Waals surface area contributed by atoms with E-state index in [0.717, 1.165) is 25.7 Å². The zero-order valence-corrected chi connectivity index (χ0v) is 26.6. The van der Waals surface area contributed by atoms with Crippen LogP contribution in [0.2, 0.25) is 0 Å². The molecule has 5 aliphatic rings. The van der Waals surface area contributed by atoms with Crippen molar-refractivity contribution >= 4 is 22.4 Å². The molecule has 8 nitrogen and oxygen atoms in total. The van der Waals surface area contributed by atoms with Gasteiger partial charge in [0.15, 0.2) is 11.6 Å². The van der Waals surface area contributed by atoms with E-state index >= 15 is 8.78 Å². The summed E-state index contributed by atoms with van der Waals surface area (Å²) in [5.41, 5.74) is -0.120. The van der Waals surface area contributed by atoms with E-state index in [2.05, 4.69) is 38.0 Å². The van der Waals surface area contributed by atoms with Crippen molar-refractivity contribution in [2.24, 2.45) is 0 Å². The van der Waals surface area contributed by atoms with Crippen LogP contribution >= 0.6 is 0 Å². The van der Waals surface area contributed by atoms with E-state index in [9.17, 15) is 13.9 Å². The van der Waals surface area contributed by atoms with Gasteiger partial charge in [0.25, 0.3) is 6.08 Å². The van der Waals surface area contributed by atoms with Crippen LogP contribution in [-0.4, -0.2) is 80.7 Å². The van der Waals surface area contributed by atoms with Crippen molar-refractivity contribution in [3.63, 3.8) is 0 Å². The number of fused-ring (bicyclic) bond motifs is 5. The van der Waals surface area contributed by atoms with Crippen LogP contribution in [0.15, 0.2) is 42.3 Å². The Balaban J connectivity index is 1.19. The minimum Gasteiger partial charge on any atom is -0.362 e. The summed E-state index contributed by atoms with van der Waals surface area (Å²) in [7, 11) is 0. The first-order valence-electron chi connectivity index (χ1n) is 16.5. The van der Waals surface area contributed by atoms with Gasteiger partial charge in [-0.25, -0.2) is 18.7 Å². The number of anilines is 1. The standard InChI is InChI=1S/C36H36F4N6O2/c1-3-25-27(37)7-6-21-13-36(47,48-20-35-9-5-11-46(35)17-22(12-35)32(39)40)14-26(28(21)25)31-29(38)30-23(15-41-31)16-42-33(43-30)45-18-24-8-10-34(4-2,19-45)44-24/h1,6-7,14-16,24,44,47H,4-5,8-13,17-20H2,2H3/t24?,34?,35-,36?/m0/s1. The minimum absolute atomic E-state index is 0.0300. The molecule has 2 N–H and O–H groups in total. The number of pyridine rings is 1. The quantitative estimate of drug-likeness (QED) is 0.215. The Labute approximate surface area is 275 Å². The van der Waals surface area contributed by atoms with Crippen LogP contribution in [0.1, 0.15) is 67.8 Å². The van der Waals surface area contributed by atoms with Gasteiger partial charge in [-0.1, -0.05) is 18.9 Å². The van der Waals surface area contributed by atoms with Crippen LogP contribution in [0.4, 0.5) is 23.5 Å². The second kappa shape index (κ2) is 11.3. The fourth-order valence-corrected chi connectivity index (χ4v) is 8.67. The van der Waals surface area contributed by atoms with Gasteiger partial charge in [0.2, 0.25) is 5.95 Å². The monoisotopic (exact) mass is 660 g/mol. The molecule has 8 rings (SSSR count). The molecule has 2 bridgehead atoms. The Bertz CT molecular complexity index is 1940. The van der Waals surface area contributed by atoms with Crippen LogP contribution < -0.4 is 10.2 Å². The number of hydrogen-bond acceptors (Lipinski definition) is 8. The summed E-state index contributed by atoms with van der Waals surface area (Å²) in [4.78, 5) is 17.7. The molecule has 1 aromatic carbocycles. The lowest BCUT2D eigenvalue weighted by Crippen LogP contribution is -2.59. The maximum atomic E-state index is 16.7. The highest BCUT2D eigenvalue weighted by molar-refractivity contribution is 5.89. The molecule has 4 fully saturated rings. The maximum absolute atomic E-state index is 16.7. The largest absolute Gasteiger partial charge is 0.362 e. The van der Waals surface area contributed by atoms with Crippen molar-refractivity contribution in [3.8, 4) is 12.3 Å². The first-order chi connectivity index (χ1) is 23.0. The molecule has 3 unspecified atom stereocenters. The van der Waals surface area contributed by atoms with Gasteiger partial charge in [0, 0.05) is 77.7 Å². The molecular weight excluding hydrogens is 624 g/mol. The molecule has 0 radical (unpaired) electrons. The van der Waals surface area contributed by atoms with Gasteiger partial charge in [0.1, 0.15) is 17.0 Å². The molecule has 1 aliphatic carbocycles. The molecule has 0 spiro atoms. The van der Waals surface area contributed by atoms with Crippen LogP contribution in [-0.2, 0) is 11.2 Å². The number of rotatable bonds is 6. The summed E-state index contributed by atoms with van der Waals surface area (Å²) < 4.78 is 65.3. The smallest absolute Gasteiger partial charge is 0.270 e. The normalized spacial score (nSPS) is 29.6. The zero-order chi connectivity index (χ0) is 33.4. The number of terminal acetylenes is 1. The number of piperazine rings is 1. The number of aromatic nitrogens is 3. The van der Waals surface area contributed by atoms with Crippen LogP contribution in [0.3, 0.4) is 0 Å². The summed E-state index contributed by atoms with van der Waals surface area (Å²) >= 11 is 0. The third kappa shape index (κ3) is 5.02. The molecule has 250 valence electrons. The first-order valence-corrected chi connectivity index (χ1v) is 16.5. The van der Waals surface area contributed by atoms with Crippen molar-refractivity contribution < 1.29 is 27.4 Å². The Kier molecular flexibility index (Phi) is 7.41. The Hall–Kier alpha value is -3.89. The van der Waals surface area contributed by atoms with Gasteiger partial charge in [-0.15, -0.1) is 6.42 Å². The molecule has 12 heteroatoms. The lowest BCUT2D eigenvalue weighted by molar-refractivity contribution is -0.183. The summed E-state index contributed by atoms with van der Waals surface area (Å²) in [5, 5.41) is 16.1.